The minimum atomic E-state index is 0.0996. The van der Waals surface area contributed by atoms with Gasteiger partial charge in [0.05, 0.1) is 13.2 Å². The van der Waals surface area contributed by atoms with Gasteiger partial charge in [-0.1, -0.05) is 24.3 Å². The van der Waals surface area contributed by atoms with Gasteiger partial charge in [-0.15, -0.1) is 0 Å². The fourth-order valence-electron chi connectivity index (χ4n) is 2.72. The first-order chi connectivity index (χ1) is 12.2. The first-order valence-corrected chi connectivity index (χ1v) is 8.37. The quantitative estimate of drug-likeness (QED) is 0.499. The van der Waals surface area contributed by atoms with Crippen molar-refractivity contribution in [2.45, 2.75) is 13.8 Å². The van der Waals surface area contributed by atoms with E-state index in [9.17, 15) is 0 Å². The third-order valence-electron chi connectivity index (χ3n) is 4.13. The molecule has 1 heterocycles. The summed E-state index contributed by atoms with van der Waals surface area (Å²) in [5.41, 5.74) is 4.22. The number of nitrogens with zero attached hydrogens (tertiary/aromatic N) is 1. The number of morpholine rings is 1. The van der Waals surface area contributed by atoms with Gasteiger partial charge in [0.15, 0.2) is 0 Å². The Hall–Kier alpha value is -2.50. The molecular formula is C20H23NO4. The molecule has 132 valence electrons. The zero-order valence-corrected chi connectivity index (χ0v) is 14.6. The van der Waals surface area contributed by atoms with Crippen LogP contribution in [0.2, 0.25) is 0 Å². The van der Waals surface area contributed by atoms with Crippen LogP contribution in [-0.2, 0) is 9.62 Å². The second-order valence-electron chi connectivity index (χ2n) is 6.15. The molecule has 0 aromatic heterocycles. The van der Waals surface area contributed by atoms with Gasteiger partial charge in [-0.05, 0) is 49.2 Å². The molecule has 1 aliphatic rings. The minimum absolute atomic E-state index is 0.0996. The average molecular weight is 341 g/mol. The maximum atomic E-state index is 8.83. The molecule has 0 atom stereocenters. The smallest absolute Gasteiger partial charge is 0.320 e. The van der Waals surface area contributed by atoms with Gasteiger partial charge in [-0.25, -0.2) is 0 Å². The summed E-state index contributed by atoms with van der Waals surface area (Å²) in [6.07, 6.45) is 0. The molecule has 0 unspecified atom stereocenters. The highest BCUT2D eigenvalue weighted by atomic mass is 17.1. The average Bonchev–Trinajstić information content (AvgIpc) is 2.67. The van der Waals surface area contributed by atoms with Crippen LogP contribution >= 0.6 is 0 Å². The van der Waals surface area contributed by atoms with E-state index in [0.717, 1.165) is 43.0 Å². The standard InChI is InChI=1S/C20H23NO4/c1-15(2)20(25-22)24-19-9-5-17(6-10-19)16-3-7-18(8-4-16)21-11-13-23-14-12-21/h3-10,22H,11-14H2,1-2H3. The van der Waals surface area contributed by atoms with E-state index >= 15 is 0 Å². The summed E-state index contributed by atoms with van der Waals surface area (Å²) in [6, 6.07) is 16.2. The summed E-state index contributed by atoms with van der Waals surface area (Å²) in [6.45, 7) is 7.05. The minimum Gasteiger partial charge on any atom is -0.424 e. The Morgan fingerprint density at radius 3 is 2.00 bits per heavy atom. The van der Waals surface area contributed by atoms with E-state index in [1.54, 1.807) is 13.8 Å². The van der Waals surface area contributed by atoms with Crippen molar-refractivity contribution in [3.63, 3.8) is 0 Å². The van der Waals surface area contributed by atoms with Gasteiger partial charge >= 0.3 is 5.95 Å². The molecule has 0 saturated carbocycles. The summed E-state index contributed by atoms with van der Waals surface area (Å²) < 4.78 is 10.9. The number of benzene rings is 2. The molecular weight excluding hydrogens is 318 g/mol. The van der Waals surface area contributed by atoms with E-state index in [1.165, 1.54) is 5.69 Å². The highest BCUT2D eigenvalue weighted by Gasteiger charge is 2.11. The zero-order chi connectivity index (χ0) is 17.6. The number of hydrogen-bond donors (Lipinski definition) is 1. The van der Waals surface area contributed by atoms with Crippen molar-refractivity contribution in [2.75, 3.05) is 31.2 Å². The Bertz CT molecular complexity index is 712. The second-order valence-corrected chi connectivity index (χ2v) is 6.15. The normalized spacial score (nSPS) is 14.1. The first-order valence-electron chi connectivity index (χ1n) is 8.37. The van der Waals surface area contributed by atoms with Gasteiger partial charge in [0.1, 0.15) is 5.75 Å². The molecule has 5 nitrogen and oxygen atoms in total. The molecule has 0 radical (unpaired) electrons. The van der Waals surface area contributed by atoms with Gasteiger partial charge < -0.3 is 19.3 Å². The van der Waals surface area contributed by atoms with Gasteiger partial charge in [-0.3, -0.25) is 0 Å². The Morgan fingerprint density at radius 2 is 1.48 bits per heavy atom. The lowest BCUT2D eigenvalue weighted by molar-refractivity contribution is -0.232. The lowest BCUT2D eigenvalue weighted by Gasteiger charge is -2.28. The zero-order valence-electron chi connectivity index (χ0n) is 14.6. The largest absolute Gasteiger partial charge is 0.424 e. The van der Waals surface area contributed by atoms with Crippen LogP contribution in [0.25, 0.3) is 11.1 Å². The number of rotatable bonds is 5. The van der Waals surface area contributed by atoms with Crippen LogP contribution in [0.15, 0.2) is 60.0 Å². The van der Waals surface area contributed by atoms with Crippen molar-refractivity contribution in [1.29, 1.82) is 0 Å². The molecule has 0 amide bonds. The van der Waals surface area contributed by atoms with Crippen LogP contribution in [0.1, 0.15) is 13.8 Å². The summed E-state index contributed by atoms with van der Waals surface area (Å²) in [5, 5.41) is 8.83. The summed E-state index contributed by atoms with van der Waals surface area (Å²) in [5.74, 6) is 0.710. The van der Waals surface area contributed by atoms with Crippen LogP contribution in [0.3, 0.4) is 0 Å². The lowest BCUT2D eigenvalue weighted by atomic mass is 10.0. The van der Waals surface area contributed by atoms with Gasteiger partial charge in [0.25, 0.3) is 0 Å². The first kappa shape index (κ1) is 17.3. The van der Waals surface area contributed by atoms with Crippen molar-refractivity contribution in [1.82, 2.24) is 0 Å². The molecule has 1 saturated heterocycles. The van der Waals surface area contributed by atoms with E-state index < -0.39 is 0 Å². The second kappa shape index (κ2) is 8.05. The van der Waals surface area contributed by atoms with Crippen molar-refractivity contribution in [3.8, 4) is 16.9 Å². The molecule has 0 aliphatic carbocycles. The molecule has 25 heavy (non-hydrogen) atoms. The third kappa shape index (κ3) is 4.32. The van der Waals surface area contributed by atoms with Crippen molar-refractivity contribution < 1.29 is 19.6 Å². The Balaban J connectivity index is 1.70. The summed E-state index contributed by atoms with van der Waals surface area (Å²) in [7, 11) is 0. The van der Waals surface area contributed by atoms with E-state index in [1.807, 2.05) is 24.3 Å². The number of allylic oxidation sites excluding steroid dienone is 1. The predicted octanol–water partition coefficient (Wildman–Crippen LogP) is 4.31. The van der Waals surface area contributed by atoms with Crippen LogP contribution in [0, 0.1) is 0 Å². The lowest BCUT2D eigenvalue weighted by Crippen LogP contribution is -2.36. The Labute approximate surface area is 148 Å². The molecule has 3 rings (SSSR count). The van der Waals surface area contributed by atoms with Crippen LogP contribution in [0.5, 0.6) is 5.75 Å². The van der Waals surface area contributed by atoms with E-state index in [-0.39, 0.29) is 5.95 Å². The molecule has 1 fully saturated rings. The maximum absolute atomic E-state index is 8.83. The molecule has 1 aliphatic heterocycles. The van der Waals surface area contributed by atoms with Crippen LogP contribution in [0.4, 0.5) is 5.69 Å². The molecule has 0 spiro atoms. The molecule has 2 aromatic carbocycles. The van der Waals surface area contributed by atoms with Crippen molar-refractivity contribution >= 4 is 5.69 Å². The van der Waals surface area contributed by atoms with E-state index in [2.05, 4.69) is 34.1 Å². The van der Waals surface area contributed by atoms with Gasteiger partial charge in [0, 0.05) is 24.4 Å². The van der Waals surface area contributed by atoms with Crippen LogP contribution < -0.4 is 9.64 Å². The molecule has 2 aromatic rings. The van der Waals surface area contributed by atoms with Crippen molar-refractivity contribution in [2.24, 2.45) is 0 Å². The Morgan fingerprint density at radius 1 is 0.920 bits per heavy atom. The third-order valence-corrected chi connectivity index (χ3v) is 4.13. The number of ether oxygens (including phenoxy) is 2. The summed E-state index contributed by atoms with van der Waals surface area (Å²) in [4.78, 5) is 6.58. The van der Waals surface area contributed by atoms with Gasteiger partial charge in [-0.2, -0.15) is 5.26 Å². The van der Waals surface area contributed by atoms with Crippen molar-refractivity contribution in [3.05, 3.63) is 60.0 Å². The molecule has 5 heteroatoms. The fraction of sp³-hybridized carbons (Fsp3) is 0.300. The summed E-state index contributed by atoms with van der Waals surface area (Å²) >= 11 is 0. The number of anilines is 1. The highest BCUT2D eigenvalue weighted by Crippen LogP contribution is 2.26. The SMILES string of the molecule is CC(C)=C(OO)Oc1ccc(-c2ccc(N3CCOCC3)cc2)cc1. The van der Waals surface area contributed by atoms with Gasteiger partial charge in [0.2, 0.25) is 0 Å². The van der Waals surface area contributed by atoms with E-state index in [4.69, 9.17) is 14.7 Å². The molecule has 1 N–H and O–H groups in total. The van der Waals surface area contributed by atoms with E-state index in [0.29, 0.717) is 5.75 Å². The highest BCUT2D eigenvalue weighted by molar-refractivity contribution is 5.67. The van der Waals surface area contributed by atoms with Crippen LogP contribution in [-0.4, -0.2) is 31.6 Å². The molecule has 0 bridgehead atoms. The fourth-order valence-corrected chi connectivity index (χ4v) is 2.72. The topological polar surface area (TPSA) is 51.2 Å². The predicted molar refractivity (Wildman–Crippen MR) is 97.6 cm³/mol. The Kier molecular flexibility index (Phi) is 5.58. The monoisotopic (exact) mass is 341 g/mol. The maximum Gasteiger partial charge on any atom is 0.320 e. The number of hydrogen-bond acceptors (Lipinski definition) is 5.